The summed E-state index contributed by atoms with van der Waals surface area (Å²) in [5.41, 5.74) is 0.850. The molecule has 1 aromatic rings. The Bertz CT molecular complexity index is 604. The molecule has 2 N–H and O–H groups in total. The minimum absolute atomic E-state index is 0.112. The van der Waals surface area contributed by atoms with Crippen LogP contribution in [0.1, 0.15) is 45.6 Å². The van der Waals surface area contributed by atoms with Gasteiger partial charge in [-0.25, -0.2) is 9.59 Å². The molecular weight excluding hydrogens is 348 g/mol. The molecule has 0 aliphatic heterocycles. The van der Waals surface area contributed by atoms with Crippen molar-refractivity contribution in [2.45, 2.75) is 58.7 Å². The molecule has 0 saturated heterocycles. The normalized spacial score (nSPS) is 12.8. The van der Waals surface area contributed by atoms with E-state index in [0.29, 0.717) is 6.42 Å². The number of ether oxygens (including phenoxy) is 2. The average molecular weight is 378 g/mol. The maximum absolute atomic E-state index is 12.6. The second-order valence-corrected chi connectivity index (χ2v) is 6.65. The van der Waals surface area contributed by atoms with Crippen LogP contribution < -0.4 is 10.6 Å². The van der Waals surface area contributed by atoms with E-state index in [1.54, 1.807) is 13.8 Å². The summed E-state index contributed by atoms with van der Waals surface area (Å²) in [7, 11) is 1.28. The van der Waals surface area contributed by atoms with Crippen molar-refractivity contribution in [3.05, 3.63) is 35.9 Å². The first-order valence-electron chi connectivity index (χ1n) is 9.24. The van der Waals surface area contributed by atoms with Crippen LogP contribution in [-0.2, 0) is 25.7 Å². The van der Waals surface area contributed by atoms with Crippen LogP contribution in [0.2, 0.25) is 0 Å². The van der Waals surface area contributed by atoms with E-state index in [1.807, 2.05) is 37.3 Å². The van der Waals surface area contributed by atoms with Gasteiger partial charge in [0.1, 0.15) is 18.7 Å². The van der Waals surface area contributed by atoms with Crippen LogP contribution in [0.5, 0.6) is 0 Å². The van der Waals surface area contributed by atoms with Crippen LogP contribution >= 0.6 is 0 Å². The Kier molecular flexibility index (Phi) is 9.93. The van der Waals surface area contributed by atoms with Crippen molar-refractivity contribution in [3.63, 3.8) is 0 Å². The Hall–Kier alpha value is -2.57. The Morgan fingerprint density at radius 1 is 1.07 bits per heavy atom. The van der Waals surface area contributed by atoms with E-state index in [1.165, 1.54) is 7.11 Å². The zero-order chi connectivity index (χ0) is 20.2. The highest BCUT2D eigenvalue weighted by Gasteiger charge is 2.29. The number of nitrogens with one attached hydrogen (secondary N) is 2. The Labute approximate surface area is 160 Å². The summed E-state index contributed by atoms with van der Waals surface area (Å²) in [4.78, 5) is 36.6. The van der Waals surface area contributed by atoms with E-state index < -0.39 is 30.1 Å². The summed E-state index contributed by atoms with van der Waals surface area (Å²) in [6.45, 7) is 5.72. The number of hydrogen-bond acceptors (Lipinski definition) is 5. The van der Waals surface area contributed by atoms with Crippen LogP contribution in [0.4, 0.5) is 4.79 Å². The van der Waals surface area contributed by atoms with Crippen LogP contribution in [-0.4, -0.2) is 37.2 Å². The van der Waals surface area contributed by atoms with Gasteiger partial charge in [-0.2, -0.15) is 0 Å². The van der Waals surface area contributed by atoms with Gasteiger partial charge in [0, 0.05) is 0 Å². The molecule has 0 aliphatic carbocycles. The number of benzene rings is 1. The lowest BCUT2D eigenvalue weighted by Crippen LogP contribution is -2.53. The van der Waals surface area contributed by atoms with Crippen molar-refractivity contribution in [2.75, 3.05) is 7.11 Å². The first kappa shape index (κ1) is 22.5. The van der Waals surface area contributed by atoms with Gasteiger partial charge in [-0.3, -0.25) is 4.79 Å². The number of esters is 1. The summed E-state index contributed by atoms with van der Waals surface area (Å²) >= 11 is 0. The van der Waals surface area contributed by atoms with Crippen LogP contribution in [0.25, 0.3) is 0 Å². The molecule has 0 spiro atoms. The number of rotatable bonds is 10. The number of unbranched alkanes of at least 4 members (excludes halogenated alkanes) is 1. The summed E-state index contributed by atoms with van der Waals surface area (Å²) in [6.07, 6.45) is 1.47. The SMILES string of the molecule is CCCC[C@H](NC(=O)[C@H](NC(=O)OCc1ccccc1)C(C)C)C(=O)OC. The van der Waals surface area contributed by atoms with Gasteiger partial charge < -0.3 is 20.1 Å². The third kappa shape index (κ3) is 8.11. The van der Waals surface area contributed by atoms with Gasteiger partial charge in [0.15, 0.2) is 0 Å². The molecule has 0 unspecified atom stereocenters. The monoisotopic (exact) mass is 378 g/mol. The van der Waals surface area contributed by atoms with Crippen molar-refractivity contribution < 1.29 is 23.9 Å². The third-order valence-electron chi connectivity index (χ3n) is 4.08. The molecule has 0 saturated carbocycles. The lowest BCUT2D eigenvalue weighted by atomic mass is 10.0. The van der Waals surface area contributed by atoms with Crippen LogP contribution in [0.15, 0.2) is 30.3 Å². The highest BCUT2D eigenvalue weighted by Crippen LogP contribution is 2.08. The smallest absolute Gasteiger partial charge is 0.408 e. The van der Waals surface area contributed by atoms with Gasteiger partial charge in [-0.15, -0.1) is 0 Å². The van der Waals surface area contributed by atoms with Crippen LogP contribution in [0, 0.1) is 5.92 Å². The van der Waals surface area contributed by atoms with E-state index in [9.17, 15) is 14.4 Å². The highest BCUT2D eigenvalue weighted by atomic mass is 16.5. The number of carbonyl (C=O) groups is 3. The molecule has 2 amide bonds. The molecule has 0 fully saturated rings. The summed E-state index contributed by atoms with van der Waals surface area (Å²) < 4.78 is 9.93. The number of amides is 2. The maximum Gasteiger partial charge on any atom is 0.408 e. The van der Waals surface area contributed by atoms with E-state index in [0.717, 1.165) is 18.4 Å². The largest absolute Gasteiger partial charge is 0.467 e. The van der Waals surface area contributed by atoms with E-state index in [-0.39, 0.29) is 12.5 Å². The molecule has 2 atom stereocenters. The standard InChI is InChI=1S/C20H30N2O5/c1-5-6-12-16(19(24)26-4)21-18(23)17(14(2)3)22-20(25)27-13-15-10-8-7-9-11-15/h7-11,14,16-17H,5-6,12-13H2,1-4H3,(H,21,23)(H,22,25)/t16-,17+/m0/s1. The number of hydrogen-bond donors (Lipinski definition) is 2. The van der Waals surface area contributed by atoms with Crippen molar-refractivity contribution in [1.29, 1.82) is 0 Å². The van der Waals surface area contributed by atoms with E-state index >= 15 is 0 Å². The quantitative estimate of drug-likeness (QED) is 0.611. The molecule has 27 heavy (non-hydrogen) atoms. The lowest BCUT2D eigenvalue weighted by molar-refractivity contribution is -0.145. The molecule has 1 rings (SSSR count). The molecule has 0 heterocycles. The molecule has 0 radical (unpaired) electrons. The molecule has 7 heteroatoms. The predicted octanol–water partition coefficient (Wildman–Crippen LogP) is 2.79. The Morgan fingerprint density at radius 3 is 2.30 bits per heavy atom. The number of alkyl carbamates (subject to hydrolysis) is 1. The van der Waals surface area contributed by atoms with E-state index in [4.69, 9.17) is 9.47 Å². The van der Waals surface area contributed by atoms with Gasteiger partial charge in [-0.05, 0) is 17.9 Å². The summed E-state index contributed by atoms with van der Waals surface area (Å²) in [6, 6.07) is 7.71. The van der Waals surface area contributed by atoms with Crippen molar-refractivity contribution >= 4 is 18.0 Å². The molecule has 0 aliphatic rings. The third-order valence-corrected chi connectivity index (χ3v) is 4.08. The zero-order valence-corrected chi connectivity index (χ0v) is 16.5. The summed E-state index contributed by atoms with van der Waals surface area (Å²) in [5.74, 6) is -1.11. The maximum atomic E-state index is 12.6. The Morgan fingerprint density at radius 2 is 1.74 bits per heavy atom. The Balaban J connectivity index is 2.65. The number of carbonyl (C=O) groups excluding carboxylic acids is 3. The van der Waals surface area contributed by atoms with Crippen molar-refractivity contribution in [2.24, 2.45) is 5.92 Å². The topological polar surface area (TPSA) is 93.7 Å². The first-order chi connectivity index (χ1) is 12.9. The van der Waals surface area contributed by atoms with Crippen LogP contribution in [0.3, 0.4) is 0 Å². The summed E-state index contributed by atoms with van der Waals surface area (Å²) in [5, 5.41) is 5.26. The number of methoxy groups -OCH3 is 1. The molecule has 7 nitrogen and oxygen atoms in total. The van der Waals surface area contributed by atoms with Gasteiger partial charge in [-0.1, -0.05) is 63.9 Å². The van der Waals surface area contributed by atoms with E-state index in [2.05, 4.69) is 10.6 Å². The molecule has 150 valence electrons. The lowest BCUT2D eigenvalue weighted by Gasteiger charge is -2.24. The minimum Gasteiger partial charge on any atom is -0.467 e. The van der Waals surface area contributed by atoms with Gasteiger partial charge in [0.2, 0.25) is 5.91 Å². The zero-order valence-electron chi connectivity index (χ0n) is 16.5. The fourth-order valence-corrected chi connectivity index (χ4v) is 2.49. The first-order valence-corrected chi connectivity index (χ1v) is 9.24. The minimum atomic E-state index is -0.818. The van der Waals surface area contributed by atoms with Gasteiger partial charge in [0.05, 0.1) is 7.11 Å². The van der Waals surface area contributed by atoms with Gasteiger partial charge >= 0.3 is 12.1 Å². The fraction of sp³-hybridized carbons (Fsp3) is 0.550. The van der Waals surface area contributed by atoms with Crippen molar-refractivity contribution in [1.82, 2.24) is 10.6 Å². The fourth-order valence-electron chi connectivity index (χ4n) is 2.49. The van der Waals surface area contributed by atoms with Gasteiger partial charge in [0.25, 0.3) is 0 Å². The molecule has 1 aromatic carbocycles. The molecular formula is C20H30N2O5. The molecule has 0 aromatic heterocycles. The second-order valence-electron chi connectivity index (χ2n) is 6.65. The average Bonchev–Trinajstić information content (AvgIpc) is 2.67. The highest BCUT2D eigenvalue weighted by molar-refractivity contribution is 5.89. The second kappa shape index (κ2) is 11.9. The van der Waals surface area contributed by atoms with Crippen molar-refractivity contribution in [3.8, 4) is 0 Å². The predicted molar refractivity (Wildman–Crippen MR) is 102 cm³/mol. The molecule has 0 bridgehead atoms.